The fraction of sp³-hybridized carbons (Fsp3) is 0.444. The van der Waals surface area contributed by atoms with Crippen molar-refractivity contribution >= 4 is 22.4 Å². The van der Waals surface area contributed by atoms with E-state index in [1.54, 1.807) is 0 Å². The van der Waals surface area contributed by atoms with Crippen molar-refractivity contribution in [3.8, 4) is 5.75 Å². The van der Waals surface area contributed by atoms with E-state index in [0.29, 0.717) is 0 Å². The van der Waals surface area contributed by atoms with Crippen LogP contribution in [0.25, 0.3) is 10.8 Å². The molecule has 21 heavy (non-hydrogen) atoms. The molecule has 2 nitrogen and oxygen atoms in total. The lowest BCUT2D eigenvalue weighted by atomic mass is 10.1. The van der Waals surface area contributed by atoms with Gasteiger partial charge in [-0.05, 0) is 55.6 Å². The van der Waals surface area contributed by atoms with Crippen LogP contribution < -0.4 is 4.74 Å². The molecule has 0 spiro atoms. The predicted octanol–water partition coefficient (Wildman–Crippen LogP) is 4.99. The van der Waals surface area contributed by atoms with Gasteiger partial charge in [0.05, 0.1) is 0 Å². The number of fused-ring (bicyclic) bond motifs is 1. The minimum atomic E-state index is 0.724. The Morgan fingerprint density at radius 1 is 1.00 bits per heavy atom. The lowest BCUT2D eigenvalue weighted by Gasteiger charge is -2.21. The number of nitrogens with zero attached hydrogens (tertiary/aromatic N) is 1. The van der Waals surface area contributed by atoms with Crippen LogP contribution in [0.4, 0.5) is 0 Å². The molecule has 0 aliphatic heterocycles. The van der Waals surface area contributed by atoms with Gasteiger partial charge in [0.2, 0.25) is 0 Å². The minimum absolute atomic E-state index is 0.724. The van der Waals surface area contributed by atoms with Crippen molar-refractivity contribution in [2.24, 2.45) is 0 Å². The van der Waals surface area contributed by atoms with Crippen molar-refractivity contribution < 1.29 is 4.74 Å². The summed E-state index contributed by atoms with van der Waals surface area (Å²) >= 11 is 6.04. The van der Waals surface area contributed by atoms with E-state index in [2.05, 4.69) is 24.8 Å². The van der Waals surface area contributed by atoms with Crippen molar-refractivity contribution in [1.29, 1.82) is 0 Å². The van der Waals surface area contributed by atoms with Crippen LogP contribution in [0.1, 0.15) is 26.7 Å². The van der Waals surface area contributed by atoms with Crippen LogP contribution in [0.3, 0.4) is 0 Å². The first kappa shape index (κ1) is 16.1. The number of benzene rings is 2. The maximum Gasteiger partial charge on any atom is 0.127 e. The number of hydrogen-bond acceptors (Lipinski definition) is 2. The molecule has 0 bridgehead atoms. The second-order valence-electron chi connectivity index (χ2n) is 5.31. The molecule has 0 fully saturated rings. The fourth-order valence-corrected chi connectivity index (χ4v) is 2.78. The summed E-state index contributed by atoms with van der Waals surface area (Å²) in [5.74, 6) is 0.942. The number of rotatable bonds is 8. The van der Waals surface area contributed by atoms with Gasteiger partial charge in [0, 0.05) is 17.0 Å². The maximum absolute atomic E-state index is 6.04. The van der Waals surface area contributed by atoms with Gasteiger partial charge >= 0.3 is 0 Å². The van der Waals surface area contributed by atoms with Crippen LogP contribution in [0, 0.1) is 0 Å². The van der Waals surface area contributed by atoms with Gasteiger partial charge < -0.3 is 4.74 Å². The van der Waals surface area contributed by atoms with E-state index >= 15 is 0 Å². The Bertz CT molecular complexity index is 564. The summed E-state index contributed by atoms with van der Waals surface area (Å²) in [5, 5.41) is 3.01. The highest BCUT2D eigenvalue weighted by atomic mass is 35.5. The molecule has 0 aliphatic rings. The molecule has 3 heteroatoms. The zero-order valence-corrected chi connectivity index (χ0v) is 13.7. The van der Waals surface area contributed by atoms with Crippen LogP contribution in [0.5, 0.6) is 5.75 Å². The van der Waals surface area contributed by atoms with Crippen molar-refractivity contribution in [1.82, 2.24) is 4.90 Å². The molecule has 0 amide bonds. The highest BCUT2D eigenvalue weighted by molar-refractivity contribution is 6.31. The average molecular weight is 306 g/mol. The summed E-state index contributed by atoms with van der Waals surface area (Å²) in [5.41, 5.74) is 0. The van der Waals surface area contributed by atoms with E-state index < -0.39 is 0 Å². The molecule has 0 heterocycles. The Hall–Kier alpha value is -1.25. The average Bonchev–Trinajstić information content (AvgIpc) is 2.47. The third-order valence-electron chi connectivity index (χ3n) is 3.55. The van der Waals surface area contributed by atoms with Gasteiger partial charge in [0.15, 0.2) is 0 Å². The Balaban J connectivity index is 2.00. The number of halogens is 1. The maximum atomic E-state index is 6.04. The highest BCUT2D eigenvalue weighted by Gasteiger charge is 2.05. The summed E-state index contributed by atoms with van der Waals surface area (Å²) in [6, 6.07) is 12.0. The smallest absolute Gasteiger partial charge is 0.127 e. The van der Waals surface area contributed by atoms with Gasteiger partial charge in [-0.25, -0.2) is 0 Å². The molecular weight excluding hydrogens is 282 g/mol. The standard InChI is InChI=1S/C18H24ClNO/c1-3-10-20(11-4-2)12-13-21-18-7-5-6-15-14-16(19)8-9-17(15)18/h5-9,14H,3-4,10-13H2,1-2H3. The first-order valence-corrected chi connectivity index (χ1v) is 8.15. The van der Waals surface area contributed by atoms with E-state index in [4.69, 9.17) is 16.3 Å². The lowest BCUT2D eigenvalue weighted by molar-refractivity contribution is 0.210. The van der Waals surface area contributed by atoms with Crippen molar-refractivity contribution in [2.75, 3.05) is 26.2 Å². The summed E-state index contributed by atoms with van der Waals surface area (Å²) in [6.07, 6.45) is 2.37. The SMILES string of the molecule is CCCN(CCC)CCOc1cccc2cc(Cl)ccc12. The van der Waals surface area contributed by atoms with E-state index in [1.165, 1.54) is 12.8 Å². The van der Waals surface area contributed by atoms with Crippen LogP contribution in [-0.2, 0) is 0 Å². The second-order valence-corrected chi connectivity index (χ2v) is 5.75. The molecule has 0 saturated carbocycles. The fourth-order valence-electron chi connectivity index (χ4n) is 2.60. The molecular formula is C18H24ClNO. The monoisotopic (exact) mass is 305 g/mol. The van der Waals surface area contributed by atoms with Crippen molar-refractivity contribution in [2.45, 2.75) is 26.7 Å². The lowest BCUT2D eigenvalue weighted by Crippen LogP contribution is -2.30. The molecule has 0 aromatic heterocycles. The van der Waals surface area contributed by atoms with Crippen LogP contribution in [0.15, 0.2) is 36.4 Å². The van der Waals surface area contributed by atoms with Crippen molar-refractivity contribution in [3.05, 3.63) is 41.4 Å². The van der Waals surface area contributed by atoms with Gasteiger partial charge in [0.1, 0.15) is 12.4 Å². The first-order valence-electron chi connectivity index (χ1n) is 7.78. The molecule has 0 N–H and O–H groups in total. The normalized spacial score (nSPS) is 11.2. The first-order chi connectivity index (χ1) is 10.2. The summed E-state index contributed by atoms with van der Waals surface area (Å²) in [4.78, 5) is 2.46. The summed E-state index contributed by atoms with van der Waals surface area (Å²) in [7, 11) is 0. The molecule has 0 unspecified atom stereocenters. The summed E-state index contributed by atoms with van der Waals surface area (Å²) < 4.78 is 6.00. The molecule has 2 rings (SSSR count). The Morgan fingerprint density at radius 2 is 1.76 bits per heavy atom. The molecule has 2 aromatic carbocycles. The predicted molar refractivity (Wildman–Crippen MR) is 91.5 cm³/mol. The van der Waals surface area contributed by atoms with Crippen LogP contribution >= 0.6 is 11.6 Å². The van der Waals surface area contributed by atoms with Gasteiger partial charge in [-0.2, -0.15) is 0 Å². The molecule has 114 valence electrons. The van der Waals surface area contributed by atoms with E-state index in [9.17, 15) is 0 Å². The third-order valence-corrected chi connectivity index (χ3v) is 3.78. The second kappa shape index (κ2) is 8.26. The molecule has 2 aromatic rings. The van der Waals surface area contributed by atoms with Crippen LogP contribution in [-0.4, -0.2) is 31.1 Å². The summed E-state index contributed by atoms with van der Waals surface area (Å²) in [6.45, 7) is 8.42. The Labute approximate surface area is 132 Å². The van der Waals surface area contributed by atoms with Gasteiger partial charge in [0.25, 0.3) is 0 Å². The Morgan fingerprint density at radius 3 is 2.48 bits per heavy atom. The molecule has 0 radical (unpaired) electrons. The zero-order chi connectivity index (χ0) is 15.1. The molecule has 0 saturated heterocycles. The number of ether oxygens (including phenoxy) is 1. The van der Waals surface area contributed by atoms with Gasteiger partial charge in [-0.15, -0.1) is 0 Å². The third kappa shape index (κ3) is 4.62. The minimum Gasteiger partial charge on any atom is -0.492 e. The van der Waals surface area contributed by atoms with Crippen molar-refractivity contribution in [3.63, 3.8) is 0 Å². The Kier molecular flexibility index (Phi) is 6.34. The highest BCUT2D eigenvalue weighted by Crippen LogP contribution is 2.27. The topological polar surface area (TPSA) is 12.5 Å². The van der Waals surface area contributed by atoms with E-state index in [-0.39, 0.29) is 0 Å². The van der Waals surface area contributed by atoms with E-state index in [1.807, 2.05) is 30.3 Å². The quantitative estimate of drug-likeness (QED) is 0.681. The van der Waals surface area contributed by atoms with E-state index in [0.717, 1.165) is 47.8 Å². The molecule has 0 aliphatic carbocycles. The molecule has 0 atom stereocenters. The van der Waals surface area contributed by atoms with Crippen LogP contribution in [0.2, 0.25) is 5.02 Å². The number of hydrogen-bond donors (Lipinski definition) is 0. The van der Waals surface area contributed by atoms with Gasteiger partial charge in [-0.1, -0.05) is 37.6 Å². The van der Waals surface area contributed by atoms with Gasteiger partial charge in [-0.3, -0.25) is 4.90 Å². The largest absolute Gasteiger partial charge is 0.492 e. The zero-order valence-electron chi connectivity index (χ0n) is 12.9.